The average Bonchev–Trinajstić information content (AvgIpc) is 2.69. The Labute approximate surface area is 185 Å². The van der Waals surface area contributed by atoms with E-state index < -0.39 is 0 Å². The van der Waals surface area contributed by atoms with Crippen LogP contribution in [0.25, 0.3) is 0 Å². The molecular formula is C24H48N2O4. The predicted octanol–water partition coefficient (Wildman–Crippen LogP) is 4.83. The van der Waals surface area contributed by atoms with Crippen LogP contribution >= 0.6 is 0 Å². The fourth-order valence-corrected chi connectivity index (χ4v) is 3.63. The normalized spacial score (nSPS) is 12.2. The zero-order valence-electron chi connectivity index (χ0n) is 20.0. The Balaban J connectivity index is 3.87. The fourth-order valence-electron chi connectivity index (χ4n) is 3.63. The second-order valence-corrected chi connectivity index (χ2v) is 8.22. The van der Waals surface area contributed by atoms with Gasteiger partial charge in [0.15, 0.2) is 0 Å². The van der Waals surface area contributed by atoms with Gasteiger partial charge in [0.2, 0.25) is 0 Å². The summed E-state index contributed by atoms with van der Waals surface area (Å²) in [5.41, 5.74) is 6.26. The Bertz CT molecular complexity index is 398. The van der Waals surface area contributed by atoms with Crippen LogP contribution in [0.15, 0.2) is 0 Å². The van der Waals surface area contributed by atoms with Crippen molar-refractivity contribution in [1.29, 1.82) is 0 Å². The van der Waals surface area contributed by atoms with Gasteiger partial charge in [-0.05, 0) is 20.3 Å². The molecule has 1 atom stereocenters. The van der Waals surface area contributed by atoms with Crippen LogP contribution < -0.4 is 5.73 Å². The van der Waals surface area contributed by atoms with Gasteiger partial charge in [-0.1, -0.05) is 84.0 Å². The third-order valence-electron chi connectivity index (χ3n) is 5.24. The van der Waals surface area contributed by atoms with Gasteiger partial charge in [0, 0.05) is 12.6 Å². The molecule has 2 N–H and O–H groups in total. The van der Waals surface area contributed by atoms with Crippen molar-refractivity contribution in [3.05, 3.63) is 0 Å². The van der Waals surface area contributed by atoms with Crippen molar-refractivity contribution in [3.8, 4) is 0 Å². The molecule has 0 spiro atoms. The molecule has 6 nitrogen and oxygen atoms in total. The van der Waals surface area contributed by atoms with Crippen LogP contribution in [0.5, 0.6) is 0 Å². The highest BCUT2D eigenvalue weighted by molar-refractivity contribution is 5.75. The van der Waals surface area contributed by atoms with Crippen molar-refractivity contribution in [1.82, 2.24) is 4.90 Å². The van der Waals surface area contributed by atoms with Crippen LogP contribution in [-0.4, -0.2) is 55.7 Å². The molecule has 0 fully saturated rings. The Morgan fingerprint density at radius 2 is 1.10 bits per heavy atom. The SMILES string of the molecule is CCCCCCCCCCCCCCC(N)CN(CC(=O)OCC)CC(=O)OCC. The number of hydrogen-bond acceptors (Lipinski definition) is 6. The molecule has 1 unspecified atom stereocenters. The van der Waals surface area contributed by atoms with Gasteiger partial charge in [-0.2, -0.15) is 0 Å². The third-order valence-corrected chi connectivity index (χ3v) is 5.24. The molecule has 0 aromatic carbocycles. The number of carbonyl (C=O) groups is 2. The summed E-state index contributed by atoms with van der Waals surface area (Å²) in [4.78, 5) is 25.3. The smallest absolute Gasteiger partial charge is 0.320 e. The number of unbranched alkanes of at least 4 members (excludes halogenated alkanes) is 11. The molecule has 0 aliphatic rings. The number of ether oxygens (including phenoxy) is 2. The Hall–Kier alpha value is -1.14. The van der Waals surface area contributed by atoms with E-state index in [1.54, 1.807) is 18.7 Å². The number of nitrogens with zero attached hydrogens (tertiary/aromatic N) is 1. The van der Waals surface area contributed by atoms with E-state index in [-0.39, 0.29) is 31.1 Å². The van der Waals surface area contributed by atoms with E-state index in [2.05, 4.69) is 6.92 Å². The summed E-state index contributed by atoms with van der Waals surface area (Å²) in [6, 6.07) is -0.0584. The maximum absolute atomic E-state index is 11.8. The third kappa shape index (κ3) is 18.9. The molecule has 30 heavy (non-hydrogen) atoms. The molecule has 0 heterocycles. The van der Waals surface area contributed by atoms with Crippen LogP contribution in [0.4, 0.5) is 0 Å². The zero-order chi connectivity index (χ0) is 22.5. The molecule has 6 heteroatoms. The maximum atomic E-state index is 11.8. The highest BCUT2D eigenvalue weighted by Crippen LogP contribution is 2.13. The van der Waals surface area contributed by atoms with Crippen LogP contribution in [-0.2, 0) is 19.1 Å². The molecule has 0 rings (SSSR count). The van der Waals surface area contributed by atoms with Crippen LogP contribution in [0.2, 0.25) is 0 Å². The summed E-state index contributed by atoms with van der Waals surface area (Å²) in [5.74, 6) is -0.668. The minimum atomic E-state index is -0.334. The monoisotopic (exact) mass is 428 g/mol. The van der Waals surface area contributed by atoms with E-state index in [4.69, 9.17) is 15.2 Å². The topological polar surface area (TPSA) is 81.9 Å². The second-order valence-electron chi connectivity index (χ2n) is 8.22. The van der Waals surface area contributed by atoms with Crippen molar-refractivity contribution >= 4 is 11.9 Å². The van der Waals surface area contributed by atoms with Crippen LogP contribution in [0, 0.1) is 0 Å². The lowest BCUT2D eigenvalue weighted by molar-refractivity contribution is -0.148. The lowest BCUT2D eigenvalue weighted by atomic mass is 10.0. The van der Waals surface area contributed by atoms with Gasteiger partial charge in [-0.3, -0.25) is 14.5 Å². The van der Waals surface area contributed by atoms with E-state index in [1.807, 2.05) is 0 Å². The molecule has 0 radical (unpaired) electrons. The molecule has 178 valence electrons. The van der Waals surface area contributed by atoms with E-state index in [0.717, 1.165) is 12.8 Å². The zero-order valence-corrected chi connectivity index (χ0v) is 20.0. The van der Waals surface area contributed by atoms with Gasteiger partial charge in [0.25, 0.3) is 0 Å². The first kappa shape index (κ1) is 28.9. The second kappa shape index (κ2) is 21.1. The quantitative estimate of drug-likeness (QED) is 0.208. The maximum Gasteiger partial charge on any atom is 0.320 e. The molecule has 0 aromatic heterocycles. The van der Waals surface area contributed by atoms with E-state index in [0.29, 0.717) is 19.8 Å². The van der Waals surface area contributed by atoms with Gasteiger partial charge >= 0.3 is 11.9 Å². The number of nitrogens with two attached hydrogens (primary N) is 1. The number of esters is 2. The van der Waals surface area contributed by atoms with Crippen molar-refractivity contribution in [2.45, 2.75) is 110 Å². The molecule has 0 aliphatic heterocycles. The summed E-state index contributed by atoms with van der Waals surface area (Å²) in [7, 11) is 0. The first-order valence-electron chi connectivity index (χ1n) is 12.3. The Morgan fingerprint density at radius 3 is 1.50 bits per heavy atom. The summed E-state index contributed by atoms with van der Waals surface area (Å²) in [6.07, 6.45) is 16.7. The average molecular weight is 429 g/mol. The largest absolute Gasteiger partial charge is 0.465 e. The lowest BCUT2D eigenvalue weighted by Gasteiger charge is -2.23. The molecule has 0 saturated carbocycles. The minimum Gasteiger partial charge on any atom is -0.465 e. The summed E-state index contributed by atoms with van der Waals surface area (Å²) in [5, 5.41) is 0. The molecular weight excluding hydrogens is 380 g/mol. The Kier molecular flexibility index (Phi) is 20.3. The molecule has 0 saturated heterocycles. The number of rotatable bonds is 21. The fraction of sp³-hybridized carbons (Fsp3) is 0.917. The van der Waals surface area contributed by atoms with Crippen molar-refractivity contribution < 1.29 is 19.1 Å². The van der Waals surface area contributed by atoms with Crippen molar-refractivity contribution in [3.63, 3.8) is 0 Å². The number of carbonyl (C=O) groups excluding carboxylic acids is 2. The van der Waals surface area contributed by atoms with Crippen LogP contribution in [0.3, 0.4) is 0 Å². The Morgan fingerprint density at radius 1 is 0.700 bits per heavy atom. The van der Waals surface area contributed by atoms with E-state index in [1.165, 1.54) is 70.6 Å². The van der Waals surface area contributed by atoms with Crippen molar-refractivity contribution in [2.75, 3.05) is 32.8 Å². The van der Waals surface area contributed by atoms with E-state index in [9.17, 15) is 9.59 Å². The first-order valence-corrected chi connectivity index (χ1v) is 12.3. The molecule has 0 aliphatic carbocycles. The molecule has 0 aromatic rings. The van der Waals surface area contributed by atoms with Gasteiger partial charge in [-0.15, -0.1) is 0 Å². The lowest BCUT2D eigenvalue weighted by Crippen LogP contribution is -2.43. The van der Waals surface area contributed by atoms with Crippen LogP contribution in [0.1, 0.15) is 104 Å². The molecule has 0 amide bonds. The highest BCUT2D eigenvalue weighted by Gasteiger charge is 2.18. The summed E-state index contributed by atoms with van der Waals surface area (Å²) < 4.78 is 10.00. The van der Waals surface area contributed by atoms with E-state index >= 15 is 0 Å². The minimum absolute atomic E-state index is 0.0584. The van der Waals surface area contributed by atoms with Crippen molar-refractivity contribution in [2.24, 2.45) is 5.73 Å². The van der Waals surface area contributed by atoms with Gasteiger partial charge in [-0.25, -0.2) is 0 Å². The predicted molar refractivity (Wildman–Crippen MR) is 123 cm³/mol. The first-order chi connectivity index (χ1) is 14.5. The molecule has 0 bridgehead atoms. The van der Waals surface area contributed by atoms with Gasteiger partial charge in [0.1, 0.15) is 0 Å². The number of hydrogen-bond donors (Lipinski definition) is 1. The van der Waals surface area contributed by atoms with Gasteiger partial charge < -0.3 is 15.2 Å². The van der Waals surface area contributed by atoms with Gasteiger partial charge in [0.05, 0.1) is 26.3 Å². The summed E-state index contributed by atoms with van der Waals surface area (Å²) in [6.45, 7) is 7.09. The standard InChI is InChI=1S/C24H48N2O4/c1-4-7-8-9-10-11-12-13-14-15-16-17-18-22(25)19-26(20-23(27)29-5-2)21-24(28)30-6-3/h22H,4-21,25H2,1-3H3. The summed E-state index contributed by atoms with van der Waals surface area (Å²) >= 11 is 0. The highest BCUT2D eigenvalue weighted by atomic mass is 16.5.